The molecule has 1 atom stereocenters. The number of para-hydroxylation sites is 1. The van der Waals surface area contributed by atoms with Crippen molar-refractivity contribution in [2.75, 3.05) is 10.6 Å². The fourth-order valence-electron chi connectivity index (χ4n) is 2.37. The summed E-state index contributed by atoms with van der Waals surface area (Å²) in [7, 11) is 0. The van der Waals surface area contributed by atoms with Gasteiger partial charge in [0.05, 0.1) is 0 Å². The Morgan fingerprint density at radius 3 is 2.22 bits per heavy atom. The van der Waals surface area contributed by atoms with Crippen molar-refractivity contribution >= 4 is 23.3 Å². The van der Waals surface area contributed by atoms with Crippen LogP contribution in [0.4, 0.5) is 15.9 Å². The number of amides is 2. The zero-order chi connectivity index (χ0) is 19.2. The SMILES string of the molecule is NC(=O)C(Nc1ccc(C(=O)Nc2ccccc2)nn1)c1ccc(F)cc1. The summed E-state index contributed by atoms with van der Waals surface area (Å²) in [4.78, 5) is 23.9. The number of aromatic nitrogens is 2. The minimum atomic E-state index is -0.913. The van der Waals surface area contributed by atoms with E-state index in [4.69, 9.17) is 5.73 Å². The zero-order valence-corrected chi connectivity index (χ0v) is 14.1. The molecule has 0 bridgehead atoms. The average Bonchev–Trinajstić information content (AvgIpc) is 2.68. The molecule has 8 heteroatoms. The van der Waals surface area contributed by atoms with Gasteiger partial charge in [0.25, 0.3) is 5.91 Å². The molecule has 1 heterocycles. The summed E-state index contributed by atoms with van der Waals surface area (Å²) < 4.78 is 13.1. The van der Waals surface area contributed by atoms with Gasteiger partial charge < -0.3 is 16.4 Å². The van der Waals surface area contributed by atoms with Gasteiger partial charge >= 0.3 is 0 Å². The van der Waals surface area contributed by atoms with Crippen LogP contribution < -0.4 is 16.4 Å². The zero-order valence-electron chi connectivity index (χ0n) is 14.1. The Bertz CT molecular complexity index is 931. The molecule has 3 rings (SSSR count). The van der Waals surface area contributed by atoms with Crippen molar-refractivity contribution in [2.45, 2.75) is 6.04 Å². The van der Waals surface area contributed by atoms with Crippen molar-refractivity contribution in [1.29, 1.82) is 0 Å². The molecule has 1 aromatic heterocycles. The van der Waals surface area contributed by atoms with E-state index in [2.05, 4.69) is 20.8 Å². The largest absolute Gasteiger partial charge is 0.368 e. The third kappa shape index (κ3) is 4.63. The minimum absolute atomic E-state index is 0.113. The molecular formula is C19H16FN5O2. The van der Waals surface area contributed by atoms with Crippen molar-refractivity contribution in [3.05, 3.63) is 83.8 Å². The van der Waals surface area contributed by atoms with E-state index in [1.165, 1.54) is 36.4 Å². The number of carbonyl (C=O) groups excluding carboxylic acids is 2. The van der Waals surface area contributed by atoms with Crippen molar-refractivity contribution in [1.82, 2.24) is 10.2 Å². The van der Waals surface area contributed by atoms with E-state index in [0.717, 1.165) is 0 Å². The lowest BCUT2D eigenvalue weighted by molar-refractivity contribution is -0.118. The molecule has 7 nitrogen and oxygen atoms in total. The highest BCUT2D eigenvalue weighted by atomic mass is 19.1. The predicted octanol–water partition coefficient (Wildman–Crippen LogP) is 2.51. The summed E-state index contributed by atoms with van der Waals surface area (Å²) in [6, 6.07) is 16.4. The van der Waals surface area contributed by atoms with Gasteiger partial charge in [-0.15, -0.1) is 10.2 Å². The third-order valence-electron chi connectivity index (χ3n) is 3.71. The Balaban J connectivity index is 1.71. The van der Waals surface area contributed by atoms with Gasteiger partial charge in [-0.05, 0) is 42.0 Å². The van der Waals surface area contributed by atoms with E-state index in [0.29, 0.717) is 11.3 Å². The van der Waals surface area contributed by atoms with Crippen LogP contribution in [0.5, 0.6) is 0 Å². The Morgan fingerprint density at radius 2 is 1.63 bits per heavy atom. The van der Waals surface area contributed by atoms with Crippen LogP contribution in [0, 0.1) is 5.82 Å². The van der Waals surface area contributed by atoms with Gasteiger partial charge in [-0.3, -0.25) is 9.59 Å². The number of rotatable bonds is 6. The van der Waals surface area contributed by atoms with Gasteiger partial charge in [-0.1, -0.05) is 30.3 Å². The van der Waals surface area contributed by atoms with Crippen molar-refractivity contribution < 1.29 is 14.0 Å². The van der Waals surface area contributed by atoms with Gasteiger partial charge in [0.1, 0.15) is 17.7 Å². The Hall–Kier alpha value is -3.81. The molecule has 1 unspecified atom stereocenters. The molecule has 0 fully saturated rings. The summed E-state index contributed by atoms with van der Waals surface area (Å²) in [5.41, 5.74) is 6.64. The maximum Gasteiger partial charge on any atom is 0.276 e. The molecule has 3 aromatic rings. The highest BCUT2D eigenvalue weighted by molar-refractivity contribution is 6.02. The molecule has 136 valence electrons. The Morgan fingerprint density at radius 1 is 0.926 bits per heavy atom. The molecule has 27 heavy (non-hydrogen) atoms. The second-order valence-corrected chi connectivity index (χ2v) is 5.66. The summed E-state index contributed by atoms with van der Waals surface area (Å²) in [5, 5.41) is 13.3. The van der Waals surface area contributed by atoms with Crippen LogP contribution in [0.1, 0.15) is 22.1 Å². The lowest BCUT2D eigenvalue weighted by atomic mass is 10.1. The maximum absolute atomic E-state index is 13.1. The van der Waals surface area contributed by atoms with Crippen LogP contribution in [0.15, 0.2) is 66.7 Å². The first-order valence-corrected chi connectivity index (χ1v) is 8.04. The number of carbonyl (C=O) groups is 2. The number of anilines is 2. The highest BCUT2D eigenvalue weighted by Gasteiger charge is 2.19. The Labute approximate surface area is 154 Å². The van der Waals surface area contributed by atoms with E-state index in [1.807, 2.05) is 6.07 Å². The molecular weight excluding hydrogens is 349 g/mol. The molecule has 2 amide bonds. The fourth-order valence-corrected chi connectivity index (χ4v) is 2.37. The molecule has 0 radical (unpaired) electrons. The van der Waals surface area contributed by atoms with Crippen molar-refractivity contribution in [3.8, 4) is 0 Å². The van der Waals surface area contributed by atoms with Gasteiger partial charge in [-0.25, -0.2) is 4.39 Å². The lowest BCUT2D eigenvalue weighted by Gasteiger charge is -2.16. The second kappa shape index (κ2) is 8.05. The van der Waals surface area contributed by atoms with E-state index >= 15 is 0 Å². The third-order valence-corrected chi connectivity index (χ3v) is 3.71. The fraction of sp³-hybridized carbons (Fsp3) is 0.0526. The Kier molecular flexibility index (Phi) is 5.36. The van der Waals surface area contributed by atoms with Gasteiger partial charge in [0.15, 0.2) is 5.69 Å². The number of hydrogen-bond acceptors (Lipinski definition) is 5. The molecule has 0 aliphatic rings. The van der Waals surface area contributed by atoms with Crippen molar-refractivity contribution in [2.24, 2.45) is 5.73 Å². The quantitative estimate of drug-likeness (QED) is 0.622. The first-order chi connectivity index (χ1) is 13.0. The van der Waals surface area contributed by atoms with Gasteiger partial charge in [-0.2, -0.15) is 0 Å². The summed E-state index contributed by atoms with van der Waals surface area (Å²) >= 11 is 0. The average molecular weight is 365 g/mol. The van der Waals surface area contributed by atoms with E-state index in [1.54, 1.807) is 24.3 Å². The van der Waals surface area contributed by atoms with Gasteiger partial charge in [0.2, 0.25) is 5.91 Å². The predicted molar refractivity (Wildman–Crippen MR) is 98.4 cm³/mol. The summed E-state index contributed by atoms with van der Waals surface area (Å²) in [6.07, 6.45) is 0. The molecule has 0 spiro atoms. The molecule has 0 aliphatic carbocycles. The number of nitrogens with two attached hydrogens (primary N) is 1. The minimum Gasteiger partial charge on any atom is -0.368 e. The number of hydrogen-bond donors (Lipinski definition) is 3. The molecule has 2 aromatic carbocycles. The normalized spacial score (nSPS) is 11.4. The van der Waals surface area contributed by atoms with Crippen LogP contribution in [0.3, 0.4) is 0 Å². The molecule has 4 N–H and O–H groups in total. The van der Waals surface area contributed by atoms with Crippen LogP contribution in [0.25, 0.3) is 0 Å². The van der Waals surface area contributed by atoms with Crippen LogP contribution in [0.2, 0.25) is 0 Å². The van der Waals surface area contributed by atoms with Crippen molar-refractivity contribution in [3.63, 3.8) is 0 Å². The number of nitrogens with zero attached hydrogens (tertiary/aromatic N) is 2. The monoisotopic (exact) mass is 365 g/mol. The summed E-state index contributed by atoms with van der Waals surface area (Å²) in [6.45, 7) is 0. The van der Waals surface area contributed by atoms with E-state index < -0.39 is 23.7 Å². The number of benzene rings is 2. The van der Waals surface area contributed by atoms with Crippen LogP contribution in [-0.4, -0.2) is 22.0 Å². The number of nitrogens with one attached hydrogen (secondary N) is 2. The first-order valence-electron chi connectivity index (χ1n) is 8.04. The van der Waals surface area contributed by atoms with Gasteiger partial charge in [0, 0.05) is 5.69 Å². The molecule has 0 saturated heterocycles. The highest BCUT2D eigenvalue weighted by Crippen LogP contribution is 2.18. The molecule has 0 saturated carbocycles. The first kappa shape index (κ1) is 18.0. The summed E-state index contributed by atoms with van der Waals surface area (Å²) in [5.74, 6) is -1.24. The topological polar surface area (TPSA) is 110 Å². The number of halogens is 1. The van der Waals surface area contributed by atoms with Crippen LogP contribution in [-0.2, 0) is 4.79 Å². The molecule has 0 aliphatic heterocycles. The van der Waals surface area contributed by atoms with E-state index in [9.17, 15) is 14.0 Å². The lowest BCUT2D eigenvalue weighted by Crippen LogP contribution is -2.28. The second-order valence-electron chi connectivity index (χ2n) is 5.66. The standard InChI is InChI=1S/C19H16FN5O2/c20-13-8-6-12(7-9-13)17(18(21)26)23-16-11-10-15(24-25-16)19(27)22-14-4-2-1-3-5-14/h1-11,17H,(H2,21,26)(H,22,27)(H,23,25). The smallest absolute Gasteiger partial charge is 0.276 e. The number of primary amides is 1. The maximum atomic E-state index is 13.1. The van der Waals surface area contributed by atoms with E-state index in [-0.39, 0.29) is 11.5 Å². The van der Waals surface area contributed by atoms with Crippen LogP contribution >= 0.6 is 0 Å².